The van der Waals surface area contributed by atoms with Crippen molar-refractivity contribution in [2.45, 2.75) is 46.6 Å². The van der Waals surface area contributed by atoms with E-state index in [2.05, 4.69) is 32.6 Å². The molecule has 0 aliphatic carbocycles. The minimum atomic E-state index is 0.584. The van der Waals surface area contributed by atoms with Crippen molar-refractivity contribution in [2.75, 3.05) is 13.1 Å². The van der Waals surface area contributed by atoms with Crippen LogP contribution >= 0.6 is 0 Å². The van der Waals surface area contributed by atoms with Gasteiger partial charge in [-0.3, -0.25) is 4.90 Å². The fraction of sp³-hybridized carbons (Fsp3) is 0.833. The highest BCUT2D eigenvalue weighted by Crippen LogP contribution is 2.16. The number of likely N-dealkylation sites (N-methyl/N-ethyl adjacent to an activating group) is 1. The molecule has 0 aliphatic heterocycles. The lowest BCUT2D eigenvalue weighted by atomic mass is 9.98. The van der Waals surface area contributed by atoms with E-state index < -0.39 is 0 Å². The van der Waals surface area contributed by atoms with Crippen LogP contribution in [0.15, 0.2) is 12.4 Å². The highest BCUT2D eigenvalue weighted by Gasteiger charge is 2.18. The molecule has 0 rings (SSSR count). The molecule has 14 heavy (non-hydrogen) atoms. The zero-order valence-corrected chi connectivity index (χ0v) is 9.96. The average Bonchev–Trinajstić information content (AvgIpc) is 2.17. The van der Waals surface area contributed by atoms with E-state index in [0.29, 0.717) is 18.3 Å². The van der Waals surface area contributed by atoms with Gasteiger partial charge < -0.3 is 0 Å². The summed E-state index contributed by atoms with van der Waals surface area (Å²) in [5.74, 6) is 0.642. The van der Waals surface area contributed by atoms with Crippen molar-refractivity contribution in [2.24, 2.45) is 5.92 Å². The Balaban J connectivity index is 4.25. The highest BCUT2D eigenvalue weighted by atomic mass is 19.1. The van der Waals surface area contributed by atoms with Gasteiger partial charge in [0, 0.05) is 12.6 Å². The van der Waals surface area contributed by atoms with E-state index in [4.69, 9.17) is 0 Å². The van der Waals surface area contributed by atoms with Gasteiger partial charge in [-0.05, 0) is 25.0 Å². The molecule has 0 bridgehead atoms. The van der Waals surface area contributed by atoms with Crippen molar-refractivity contribution in [3.8, 4) is 0 Å². The first kappa shape index (κ1) is 13.6. The van der Waals surface area contributed by atoms with Gasteiger partial charge in [-0.15, -0.1) is 0 Å². The molecule has 0 radical (unpaired) electrons. The zero-order valence-electron chi connectivity index (χ0n) is 9.96. The Morgan fingerprint density at radius 2 is 1.93 bits per heavy atom. The third-order valence-corrected chi connectivity index (χ3v) is 2.66. The predicted octanol–water partition coefficient (Wildman–Crippen LogP) is 3.62. The van der Waals surface area contributed by atoms with Gasteiger partial charge in [0.25, 0.3) is 0 Å². The highest BCUT2D eigenvalue weighted by molar-refractivity contribution is 4.82. The molecular formula is C12H24FN. The maximum Gasteiger partial charge on any atom is 0.0839 e. The minimum Gasteiger partial charge on any atom is -0.297 e. The van der Waals surface area contributed by atoms with E-state index in [-0.39, 0.29) is 0 Å². The Morgan fingerprint density at radius 1 is 1.29 bits per heavy atom. The molecule has 0 aliphatic rings. The van der Waals surface area contributed by atoms with Gasteiger partial charge in [0.15, 0.2) is 0 Å². The second-order valence-electron chi connectivity index (χ2n) is 4.05. The lowest BCUT2D eigenvalue weighted by Crippen LogP contribution is -2.38. The lowest BCUT2D eigenvalue weighted by Gasteiger charge is -2.32. The quantitative estimate of drug-likeness (QED) is 0.608. The first-order valence-corrected chi connectivity index (χ1v) is 5.66. The molecule has 0 aromatic rings. The van der Waals surface area contributed by atoms with Crippen LogP contribution in [0.1, 0.15) is 40.5 Å². The van der Waals surface area contributed by atoms with Crippen LogP contribution in [0.4, 0.5) is 4.39 Å². The Labute approximate surface area is 88.0 Å². The SMILES string of the molecule is CCC[C@H](C(C)C)N(CC)C/C=C/F. The molecule has 0 spiro atoms. The number of rotatable bonds is 7. The summed E-state index contributed by atoms with van der Waals surface area (Å²) < 4.78 is 11.9. The maximum absolute atomic E-state index is 11.9. The van der Waals surface area contributed by atoms with Crippen LogP contribution in [0.3, 0.4) is 0 Å². The van der Waals surface area contributed by atoms with Gasteiger partial charge >= 0.3 is 0 Å². The summed E-state index contributed by atoms with van der Waals surface area (Å²) >= 11 is 0. The average molecular weight is 201 g/mol. The molecule has 0 aromatic heterocycles. The van der Waals surface area contributed by atoms with E-state index in [1.807, 2.05) is 0 Å². The van der Waals surface area contributed by atoms with Crippen LogP contribution in [0, 0.1) is 5.92 Å². The Kier molecular flexibility index (Phi) is 7.77. The Bertz CT molecular complexity index is 154. The molecule has 1 nitrogen and oxygen atoms in total. The smallest absolute Gasteiger partial charge is 0.0839 e. The van der Waals surface area contributed by atoms with Gasteiger partial charge in [-0.2, -0.15) is 0 Å². The number of hydrogen-bond acceptors (Lipinski definition) is 1. The Morgan fingerprint density at radius 3 is 2.29 bits per heavy atom. The summed E-state index contributed by atoms with van der Waals surface area (Å²) in [5.41, 5.74) is 0. The van der Waals surface area contributed by atoms with Crippen molar-refractivity contribution >= 4 is 0 Å². The normalized spacial score (nSPS) is 14.5. The summed E-state index contributed by atoms with van der Waals surface area (Å²) in [4.78, 5) is 2.34. The third-order valence-electron chi connectivity index (χ3n) is 2.66. The van der Waals surface area contributed by atoms with Gasteiger partial charge in [-0.25, -0.2) is 4.39 Å². The fourth-order valence-electron chi connectivity index (χ4n) is 1.91. The van der Waals surface area contributed by atoms with Crippen LogP contribution in [0.5, 0.6) is 0 Å². The van der Waals surface area contributed by atoms with Crippen LogP contribution in [-0.4, -0.2) is 24.0 Å². The first-order valence-electron chi connectivity index (χ1n) is 5.66. The van der Waals surface area contributed by atoms with E-state index in [1.165, 1.54) is 12.8 Å². The van der Waals surface area contributed by atoms with Gasteiger partial charge in [0.2, 0.25) is 0 Å². The van der Waals surface area contributed by atoms with Gasteiger partial charge in [-0.1, -0.05) is 34.1 Å². The van der Waals surface area contributed by atoms with Gasteiger partial charge in [0.1, 0.15) is 0 Å². The standard InChI is InChI=1S/C12H24FN/c1-5-8-12(11(3)4)14(6-2)10-7-9-13/h7,9,11-12H,5-6,8,10H2,1-4H3/b9-7+/t12-/m1/s1. The zero-order chi connectivity index (χ0) is 11.0. The monoisotopic (exact) mass is 201 g/mol. The largest absolute Gasteiger partial charge is 0.297 e. The van der Waals surface area contributed by atoms with E-state index >= 15 is 0 Å². The molecule has 0 heterocycles. The Hall–Kier alpha value is -0.370. The molecule has 2 heteroatoms. The summed E-state index contributed by atoms with van der Waals surface area (Å²) in [6.07, 6.45) is 4.63. The number of hydrogen-bond donors (Lipinski definition) is 0. The minimum absolute atomic E-state index is 0.584. The van der Waals surface area contributed by atoms with Crippen molar-refractivity contribution in [1.82, 2.24) is 4.90 Å². The summed E-state index contributed by atoms with van der Waals surface area (Å²) in [5, 5.41) is 0. The fourth-order valence-corrected chi connectivity index (χ4v) is 1.91. The third kappa shape index (κ3) is 4.75. The van der Waals surface area contributed by atoms with Crippen LogP contribution in [0.2, 0.25) is 0 Å². The molecule has 1 atom stereocenters. The predicted molar refractivity (Wildman–Crippen MR) is 61.0 cm³/mol. The molecule has 0 saturated carbocycles. The lowest BCUT2D eigenvalue weighted by molar-refractivity contribution is 0.168. The molecule has 0 N–H and O–H groups in total. The second-order valence-corrected chi connectivity index (χ2v) is 4.05. The first-order chi connectivity index (χ1) is 6.67. The number of halogens is 1. The molecule has 0 fully saturated rings. The summed E-state index contributed by atoms with van der Waals surface area (Å²) in [6.45, 7) is 10.5. The molecule has 0 aromatic carbocycles. The van der Waals surface area contributed by atoms with Gasteiger partial charge in [0.05, 0.1) is 6.33 Å². The maximum atomic E-state index is 11.9. The van der Waals surface area contributed by atoms with Crippen molar-refractivity contribution in [3.05, 3.63) is 12.4 Å². The summed E-state index contributed by atoms with van der Waals surface area (Å²) in [6, 6.07) is 0.584. The molecule has 0 amide bonds. The van der Waals surface area contributed by atoms with E-state index in [9.17, 15) is 4.39 Å². The van der Waals surface area contributed by atoms with E-state index in [0.717, 1.165) is 13.1 Å². The number of nitrogens with zero attached hydrogens (tertiary/aromatic N) is 1. The summed E-state index contributed by atoms with van der Waals surface area (Å²) in [7, 11) is 0. The molecular weight excluding hydrogens is 177 g/mol. The molecule has 0 saturated heterocycles. The van der Waals surface area contributed by atoms with E-state index in [1.54, 1.807) is 6.08 Å². The second kappa shape index (κ2) is 7.98. The van der Waals surface area contributed by atoms with Crippen LogP contribution < -0.4 is 0 Å². The van der Waals surface area contributed by atoms with Crippen molar-refractivity contribution in [3.63, 3.8) is 0 Å². The molecule has 0 unspecified atom stereocenters. The van der Waals surface area contributed by atoms with Crippen LogP contribution in [-0.2, 0) is 0 Å². The van der Waals surface area contributed by atoms with Crippen molar-refractivity contribution < 1.29 is 4.39 Å². The topological polar surface area (TPSA) is 3.24 Å². The molecule has 84 valence electrons. The van der Waals surface area contributed by atoms with Crippen LogP contribution in [0.25, 0.3) is 0 Å². The van der Waals surface area contributed by atoms with Crippen molar-refractivity contribution in [1.29, 1.82) is 0 Å².